The fraction of sp³-hybridized carbons (Fsp3) is 0.667. The Balaban J connectivity index is 2.39. The van der Waals surface area contributed by atoms with Crippen molar-refractivity contribution >= 4 is 0 Å². The van der Waals surface area contributed by atoms with E-state index in [4.69, 9.17) is 4.74 Å². The quantitative estimate of drug-likeness (QED) is 0.669. The molecule has 0 amide bonds. The largest absolute Gasteiger partial charge is 0.378 e. The second-order valence-electron chi connectivity index (χ2n) is 3.31. The number of hydrogen-bond acceptors (Lipinski definition) is 3. The Labute approximate surface area is 79.1 Å². The van der Waals surface area contributed by atoms with Crippen LogP contribution in [0.1, 0.15) is 5.69 Å². The van der Waals surface area contributed by atoms with Crippen molar-refractivity contribution in [3.8, 4) is 0 Å². The van der Waals surface area contributed by atoms with Crippen LogP contribution < -0.4 is 0 Å². The van der Waals surface area contributed by atoms with E-state index in [1.165, 1.54) is 0 Å². The van der Waals surface area contributed by atoms with Crippen molar-refractivity contribution in [2.45, 2.75) is 13.2 Å². The van der Waals surface area contributed by atoms with E-state index in [0.717, 1.165) is 18.8 Å². The van der Waals surface area contributed by atoms with Crippen molar-refractivity contribution in [1.29, 1.82) is 0 Å². The van der Waals surface area contributed by atoms with E-state index < -0.39 is 0 Å². The Morgan fingerprint density at radius 3 is 2.92 bits per heavy atom. The molecule has 0 fully saturated rings. The van der Waals surface area contributed by atoms with Crippen LogP contribution in [0.2, 0.25) is 0 Å². The van der Waals surface area contributed by atoms with Gasteiger partial charge in [-0.15, -0.1) is 0 Å². The van der Waals surface area contributed by atoms with E-state index in [1.54, 1.807) is 7.11 Å². The summed E-state index contributed by atoms with van der Waals surface area (Å²) in [5.74, 6) is 0. The summed E-state index contributed by atoms with van der Waals surface area (Å²) in [7, 11) is 5.79. The molecule has 13 heavy (non-hydrogen) atoms. The molecule has 0 aliphatic rings. The third kappa shape index (κ3) is 3.57. The fourth-order valence-electron chi connectivity index (χ4n) is 1.06. The van der Waals surface area contributed by atoms with Crippen LogP contribution in [0.5, 0.6) is 0 Å². The first-order valence-corrected chi connectivity index (χ1v) is 4.38. The van der Waals surface area contributed by atoms with Crippen LogP contribution in [-0.2, 0) is 17.9 Å². The molecular formula is C9H17N3O. The van der Waals surface area contributed by atoms with Gasteiger partial charge in [0, 0.05) is 19.9 Å². The highest BCUT2D eigenvalue weighted by molar-refractivity contribution is 4.96. The van der Waals surface area contributed by atoms with Crippen molar-refractivity contribution in [3.63, 3.8) is 0 Å². The van der Waals surface area contributed by atoms with Gasteiger partial charge in [-0.2, -0.15) is 5.10 Å². The normalized spacial score (nSPS) is 11.1. The number of ether oxygens (including phenoxy) is 1. The lowest BCUT2D eigenvalue weighted by atomic mass is 10.5. The van der Waals surface area contributed by atoms with Gasteiger partial charge in [-0.1, -0.05) is 0 Å². The highest BCUT2D eigenvalue weighted by Crippen LogP contribution is 1.97. The van der Waals surface area contributed by atoms with Crippen LogP contribution in [0.25, 0.3) is 0 Å². The first kappa shape index (κ1) is 10.2. The number of nitrogens with zero attached hydrogens (tertiary/aromatic N) is 3. The van der Waals surface area contributed by atoms with Crippen LogP contribution in [0, 0.1) is 0 Å². The molecule has 1 aromatic heterocycles. The minimum absolute atomic E-state index is 0.592. The molecule has 0 radical (unpaired) electrons. The van der Waals surface area contributed by atoms with Crippen LogP contribution in [0.3, 0.4) is 0 Å². The maximum absolute atomic E-state index is 4.98. The van der Waals surface area contributed by atoms with Gasteiger partial charge < -0.3 is 9.64 Å². The Hall–Kier alpha value is -0.870. The van der Waals surface area contributed by atoms with Crippen LogP contribution >= 0.6 is 0 Å². The summed E-state index contributed by atoms with van der Waals surface area (Å²) in [5.41, 5.74) is 0.987. The molecule has 0 aliphatic heterocycles. The predicted molar refractivity (Wildman–Crippen MR) is 51.5 cm³/mol. The maximum Gasteiger partial charge on any atom is 0.0902 e. The van der Waals surface area contributed by atoms with E-state index >= 15 is 0 Å². The average Bonchev–Trinajstić information content (AvgIpc) is 2.50. The molecule has 4 heteroatoms. The second-order valence-corrected chi connectivity index (χ2v) is 3.31. The van der Waals surface area contributed by atoms with Gasteiger partial charge in [-0.3, -0.25) is 4.68 Å². The summed E-state index contributed by atoms with van der Waals surface area (Å²) in [5, 5.41) is 4.34. The predicted octanol–water partition coefficient (Wildman–Crippen LogP) is 0.591. The van der Waals surface area contributed by atoms with Gasteiger partial charge in [0.15, 0.2) is 0 Å². The number of methoxy groups -OCH3 is 1. The highest BCUT2D eigenvalue weighted by atomic mass is 16.5. The molecule has 74 valence electrons. The van der Waals surface area contributed by atoms with Gasteiger partial charge in [-0.05, 0) is 20.2 Å². The highest BCUT2D eigenvalue weighted by Gasteiger charge is 1.98. The molecule has 0 saturated heterocycles. The monoisotopic (exact) mass is 183 g/mol. The molecule has 0 N–H and O–H groups in total. The Morgan fingerprint density at radius 2 is 2.31 bits per heavy atom. The number of likely N-dealkylation sites (N-methyl/N-ethyl adjacent to an activating group) is 1. The Morgan fingerprint density at radius 1 is 1.54 bits per heavy atom. The zero-order valence-electron chi connectivity index (χ0n) is 8.53. The van der Waals surface area contributed by atoms with Gasteiger partial charge in [-0.25, -0.2) is 0 Å². The van der Waals surface area contributed by atoms with Crippen molar-refractivity contribution in [2.24, 2.45) is 0 Å². The van der Waals surface area contributed by atoms with E-state index in [9.17, 15) is 0 Å². The Bertz CT molecular complexity index is 245. The van der Waals surface area contributed by atoms with Crippen molar-refractivity contribution in [1.82, 2.24) is 14.7 Å². The molecule has 0 atom stereocenters. The summed E-state index contributed by atoms with van der Waals surface area (Å²) in [4.78, 5) is 2.14. The van der Waals surface area contributed by atoms with E-state index in [-0.39, 0.29) is 0 Å². The molecule has 4 nitrogen and oxygen atoms in total. The van der Waals surface area contributed by atoms with E-state index in [0.29, 0.717) is 6.61 Å². The number of hydrogen-bond donors (Lipinski definition) is 0. The van der Waals surface area contributed by atoms with Crippen molar-refractivity contribution in [2.75, 3.05) is 27.7 Å². The lowest BCUT2D eigenvalue weighted by molar-refractivity contribution is 0.180. The first-order chi connectivity index (χ1) is 6.22. The first-order valence-electron chi connectivity index (χ1n) is 4.38. The summed E-state index contributed by atoms with van der Waals surface area (Å²) >= 11 is 0. The van der Waals surface area contributed by atoms with Gasteiger partial charge >= 0.3 is 0 Å². The molecule has 0 spiro atoms. The van der Waals surface area contributed by atoms with Crippen LogP contribution in [0.4, 0.5) is 0 Å². The summed E-state index contributed by atoms with van der Waals surface area (Å²) in [6.45, 7) is 2.53. The van der Waals surface area contributed by atoms with Gasteiger partial charge in [0.2, 0.25) is 0 Å². The summed E-state index contributed by atoms with van der Waals surface area (Å²) < 4.78 is 6.92. The van der Waals surface area contributed by atoms with Gasteiger partial charge in [0.1, 0.15) is 0 Å². The molecule has 0 saturated carbocycles. The molecule has 0 aromatic carbocycles. The van der Waals surface area contributed by atoms with Crippen LogP contribution in [-0.4, -0.2) is 42.4 Å². The Kier molecular flexibility index (Phi) is 3.92. The lowest BCUT2D eigenvalue weighted by Crippen LogP contribution is -2.18. The standard InChI is InChI=1S/C9H17N3O/c1-11(2)6-7-12-5-4-9(10-12)8-13-3/h4-5H,6-8H2,1-3H3. The van der Waals surface area contributed by atoms with Gasteiger partial charge in [0.25, 0.3) is 0 Å². The molecule has 1 rings (SSSR count). The molecule has 0 bridgehead atoms. The maximum atomic E-state index is 4.98. The summed E-state index contributed by atoms with van der Waals surface area (Å²) in [6, 6.07) is 1.99. The smallest absolute Gasteiger partial charge is 0.0902 e. The van der Waals surface area contributed by atoms with E-state index in [2.05, 4.69) is 24.1 Å². The third-order valence-corrected chi connectivity index (χ3v) is 1.76. The average molecular weight is 183 g/mol. The number of aromatic nitrogens is 2. The second kappa shape index (κ2) is 4.99. The topological polar surface area (TPSA) is 30.3 Å². The zero-order valence-corrected chi connectivity index (χ0v) is 8.53. The SMILES string of the molecule is COCc1ccn(CCN(C)C)n1. The third-order valence-electron chi connectivity index (χ3n) is 1.76. The number of rotatable bonds is 5. The molecular weight excluding hydrogens is 166 g/mol. The molecule has 1 aromatic rings. The van der Waals surface area contributed by atoms with Crippen LogP contribution in [0.15, 0.2) is 12.3 Å². The fourth-order valence-corrected chi connectivity index (χ4v) is 1.06. The summed E-state index contributed by atoms with van der Waals surface area (Å²) in [6.07, 6.45) is 1.98. The molecule has 0 unspecified atom stereocenters. The van der Waals surface area contributed by atoms with Crippen molar-refractivity contribution < 1.29 is 4.74 Å². The van der Waals surface area contributed by atoms with E-state index in [1.807, 2.05) is 16.9 Å². The minimum Gasteiger partial charge on any atom is -0.378 e. The lowest BCUT2D eigenvalue weighted by Gasteiger charge is -2.08. The van der Waals surface area contributed by atoms with Crippen molar-refractivity contribution in [3.05, 3.63) is 18.0 Å². The minimum atomic E-state index is 0.592. The molecule has 1 heterocycles. The molecule has 0 aliphatic carbocycles. The zero-order chi connectivity index (χ0) is 9.68. The van der Waals surface area contributed by atoms with Gasteiger partial charge in [0.05, 0.1) is 18.8 Å².